The molecule has 5 aromatic carbocycles. The monoisotopic (exact) mass is 1500 g/mol. The van der Waals surface area contributed by atoms with Crippen LogP contribution in [-0.2, 0) is 4.79 Å². The van der Waals surface area contributed by atoms with Gasteiger partial charge in [-0.3, -0.25) is 0 Å². The van der Waals surface area contributed by atoms with E-state index in [0.717, 1.165) is 134 Å². The van der Waals surface area contributed by atoms with E-state index < -0.39 is 5.97 Å². The molecule has 0 atom stereocenters. The molecule has 12 nitrogen and oxygen atoms in total. The number of ether oxygens (including phenoxy) is 4. The molecule has 13 heteroatoms. The van der Waals surface area contributed by atoms with Crippen molar-refractivity contribution >= 4 is 81.6 Å². The molecule has 8 bridgehead atoms. The van der Waals surface area contributed by atoms with Crippen LogP contribution in [0, 0.1) is 35.0 Å². The second-order valence-electron chi connectivity index (χ2n) is 29.5. The first kappa shape index (κ1) is 81.8. The smallest absolute Gasteiger partial charge is 0.346 e. The van der Waals surface area contributed by atoms with Crippen LogP contribution in [0.1, 0.15) is 278 Å². The van der Waals surface area contributed by atoms with Gasteiger partial charge in [0.25, 0.3) is 0 Å². The highest BCUT2D eigenvalue weighted by Crippen LogP contribution is 2.50. The van der Waals surface area contributed by atoms with Crippen LogP contribution in [0.15, 0.2) is 143 Å². The maximum Gasteiger partial charge on any atom is 0.346 e. The van der Waals surface area contributed by atoms with E-state index in [1.165, 1.54) is 136 Å². The number of aromatic nitrogens is 4. The van der Waals surface area contributed by atoms with Crippen molar-refractivity contribution in [2.45, 2.75) is 237 Å². The van der Waals surface area contributed by atoms with E-state index in [2.05, 4.69) is 182 Å². The first-order chi connectivity index (χ1) is 54.7. The highest BCUT2D eigenvalue weighted by atomic mass is 32.2. The molecule has 6 heterocycles. The van der Waals surface area contributed by atoms with Crippen LogP contribution in [0.4, 0.5) is 11.4 Å². The van der Waals surface area contributed by atoms with E-state index in [-0.39, 0.29) is 5.57 Å². The molecule has 578 valence electrons. The van der Waals surface area contributed by atoms with Gasteiger partial charge in [0.05, 0.1) is 93.9 Å². The van der Waals surface area contributed by atoms with Crippen LogP contribution in [0.2, 0.25) is 0 Å². The van der Waals surface area contributed by atoms with Gasteiger partial charge in [-0.15, -0.1) is 0 Å². The Kier molecular flexibility index (Phi) is 32.5. The first-order valence-electron chi connectivity index (χ1n) is 41.8. The number of rotatable bonds is 43. The van der Waals surface area contributed by atoms with Gasteiger partial charge < -0.3 is 38.9 Å². The third-order valence-electron chi connectivity index (χ3n) is 20.8. The number of H-pyrrole nitrogens is 2. The van der Waals surface area contributed by atoms with Crippen molar-refractivity contribution < 1.29 is 28.8 Å². The Morgan fingerprint density at radius 3 is 1.24 bits per heavy atom. The molecular formula is C98H114N6O6S. The number of fused-ring (bicyclic) bond motifs is 10. The standard InChI is InChI=1S/C98H114N6O6S/c1-6-11-16-21-26-33-64-104-86-40-31-32-45-92(86)111-93-70-74(52-63-87(93)104)51-54-77-80-57-61-84(102-80)94(96-88(107-65-34-27-22-17-12-7-2)41-38-42-89(96)108-66-35-28-23-18-13-8-3)82-59-55-78(100-82)76(53-50-72-46-48-73(49-47-72)69-75(71-99)98(105)106)79-56-60-83(101-79)95(85-62-58-81(77)103-85)97-90(109-67-36-29-24-19-14-9-4)43-39-44-91(97)110-68-37-30-25-20-15-10-5/h31-32,38-49,52,55-63,69-70,100,103H,6-30,33-37,64-68H2,1-5H3,(H,105,106)/b75-69-,78-76?,79-76?,80-77?,81-77?,94-82?,94-84?,95-83?,95-85?. The van der Waals surface area contributed by atoms with Gasteiger partial charge in [0.2, 0.25) is 0 Å². The molecule has 11 rings (SSSR count). The Morgan fingerprint density at radius 2 is 0.802 bits per heavy atom. The predicted octanol–water partition coefficient (Wildman–Crippen LogP) is 26.7. The van der Waals surface area contributed by atoms with Gasteiger partial charge in [0.1, 0.15) is 34.6 Å². The molecule has 3 aromatic heterocycles. The van der Waals surface area contributed by atoms with Crippen molar-refractivity contribution in [3.63, 3.8) is 0 Å². The first-order valence-corrected chi connectivity index (χ1v) is 42.6. The zero-order valence-electron chi connectivity index (χ0n) is 66.4. The number of benzene rings is 5. The number of nitrogens with zero attached hydrogens (tertiary/aromatic N) is 4. The molecule has 111 heavy (non-hydrogen) atoms. The molecule has 0 radical (unpaired) electrons. The summed E-state index contributed by atoms with van der Waals surface area (Å²) in [7, 11) is 0. The number of anilines is 2. The third-order valence-corrected chi connectivity index (χ3v) is 22.0. The van der Waals surface area contributed by atoms with Gasteiger partial charge >= 0.3 is 5.97 Å². The zero-order valence-corrected chi connectivity index (χ0v) is 67.3. The van der Waals surface area contributed by atoms with E-state index in [0.29, 0.717) is 100.0 Å². The molecule has 0 aliphatic carbocycles. The Bertz CT molecular complexity index is 4700. The Hall–Kier alpha value is -10.1. The summed E-state index contributed by atoms with van der Waals surface area (Å²) in [6.07, 6.45) is 44.1. The number of carbonyl (C=O) groups is 1. The fraction of sp³-hybridized carbons (Fsp3) is 0.408. The average Bonchev–Trinajstić information content (AvgIpc) is 1.69. The minimum absolute atomic E-state index is 0.357. The fourth-order valence-corrected chi connectivity index (χ4v) is 15.8. The molecule has 0 amide bonds. The predicted molar refractivity (Wildman–Crippen MR) is 462 cm³/mol. The molecule has 3 aliphatic rings. The lowest BCUT2D eigenvalue weighted by Crippen LogP contribution is -2.22. The summed E-state index contributed by atoms with van der Waals surface area (Å²) in [4.78, 5) is 36.2. The van der Waals surface area contributed by atoms with Crippen LogP contribution in [0.25, 0.3) is 74.7 Å². The number of carboxylic acid groups (broad SMARTS) is 1. The number of aromatic amines is 2. The summed E-state index contributed by atoms with van der Waals surface area (Å²) in [5, 5.41) is 19.3. The van der Waals surface area contributed by atoms with Crippen LogP contribution < -0.4 is 23.8 Å². The summed E-state index contributed by atoms with van der Waals surface area (Å²) in [6, 6.07) is 45.3. The maximum absolute atomic E-state index is 11.9. The molecular weight excluding hydrogens is 1390 g/mol. The summed E-state index contributed by atoms with van der Waals surface area (Å²) in [6.45, 7) is 14.4. The van der Waals surface area contributed by atoms with Gasteiger partial charge in [-0.1, -0.05) is 267 Å². The van der Waals surface area contributed by atoms with E-state index in [9.17, 15) is 15.2 Å². The summed E-state index contributed by atoms with van der Waals surface area (Å²) in [5.74, 6) is 16.1. The quantitative estimate of drug-likeness (QED) is 0.0145. The molecule has 3 N–H and O–H groups in total. The minimum atomic E-state index is -1.29. The second-order valence-corrected chi connectivity index (χ2v) is 30.6. The topological polar surface area (TPSA) is 159 Å². The maximum atomic E-state index is 11.9. The number of carboxylic acids is 1. The van der Waals surface area contributed by atoms with Crippen molar-refractivity contribution in [1.82, 2.24) is 19.9 Å². The van der Waals surface area contributed by atoms with Gasteiger partial charge in [-0.25, -0.2) is 14.8 Å². The third kappa shape index (κ3) is 23.0. The molecule has 0 saturated heterocycles. The highest BCUT2D eigenvalue weighted by molar-refractivity contribution is 7.99. The highest BCUT2D eigenvalue weighted by Gasteiger charge is 2.27. The number of hydrogen-bond acceptors (Lipinski definition) is 10. The van der Waals surface area contributed by atoms with Gasteiger partial charge in [-0.05, 0) is 159 Å². The molecule has 3 aliphatic heterocycles. The molecule has 0 fully saturated rings. The summed E-state index contributed by atoms with van der Waals surface area (Å²) < 4.78 is 28.1. The largest absolute Gasteiger partial charge is 0.493 e. The summed E-state index contributed by atoms with van der Waals surface area (Å²) in [5.41, 5.74) is 14.5. The minimum Gasteiger partial charge on any atom is -0.493 e. The number of nitriles is 1. The van der Waals surface area contributed by atoms with Crippen molar-refractivity contribution in [2.24, 2.45) is 0 Å². The van der Waals surface area contributed by atoms with E-state index in [4.69, 9.17) is 28.9 Å². The number of aliphatic carboxylic acids is 1. The number of para-hydroxylation sites is 1. The van der Waals surface area contributed by atoms with Crippen LogP contribution in [0.3, 0.4) is 0 Å². The van der Waals surface area contributed by atoms with Crippen LogP contribution in [0.5, 0.6) is 23.0 Å². The SMILES string of the molecule is CCCCCCCCOc1cccc(OCCCCCCCC)c1-c1c2nc(c(C#Cc3ccc4c(c3)Sc3ccccc3N4CCCCCCCC)c3ccc([nH]3)c(-c3c(OCCCCCCCC)cccc3OCCCCCCCC)c3nc(c(C#Cc4ccc(/C=C(/C#N)C(=O)O)cc4)c4ccc1[nH]4)C=C3)C=C2. The normalized spacial score (nSPS) is 12.0. The van der Waals surface area contributed by atoms with Crippen molar-refractivity contribution in [1.29, 1.82) is 5.26 Å². The fourth-order valence-electron chi connectivity index (χ4n) is 14.7. The number of unbranched alkanes of at least 4 members (excludes halogenated alkanes) is 25. The van der Waals surface area contributed by atoms with Crippen molar-refractivity contribution in [2.75, 3.05) is 37.9 Å². The summed E-state index contributed by atoms with van der Waals surface area (Å²) >= 11 is 1.81. The van der Waals surface area contributed by atoms with E-state index in [1.807, 2.05) is 42.1 Å². The van der Waals surface area contributed by atoms with Gasteiger partial charge in [0.15, 0.2) is 0 Å². The lowest BCUT2D eigenvalue weighted by molar-refractivity contribution is -0.132. The Balaban J connectivity index is 1.16. The molecule has 0 unspecified atom stereocenters. The van der Waals surface area contributed by atoms with Crippen molar-refractivity contribution in [3.05, 3.63) is 184 Å². The lowest BCUT2D eigenvalue weighted by Gasteiger charge is -2.33. The average molecular weight is 1500 g/mol. The Labute approximate surface area is 665 Å². The van der Waals surface area contributed by atoms with E-state index in [1.54, 1.807) is 18.2 Å². The van der Waals surface area contributed by atoms with Gasteiger partial charge in [-0.2, -0.15) is 5.26 Å². The van der Waals surface area contributed by atoms with Crippen LogP contribution >= 0.6 is 11.8 Å². The second kappa shape index (κ2) is 44.1. The van der Waals surface area contributed by atoms with Crippen LogP contribution in [-0.4, -0.2) is 64.0 Å². The van der Waals surface area contributed by atoms with Crippen molar-refractivity contribution in [3.8, 4) is 75.0 Å². The molecule has 8 aromatic rings. The molecule has 0 saturated carbocycles. The number of nitrogens with one attached hydrogen (secondary N) is 2. The zero-order chi connectivity index (χ0) is 77.2. The number of hydrogen-bond donors (Lipinski definition) is 3. The lowest BCUT2D eigenvalue weighted by atomic mass is 10.0. The molecule has 0 spiro atoms. The Morgan fingerprint density at radius 1 is 0.414 bits per heavy atom. The van der Waals surface area contributed by atoms with E-state index >= 15 is 0 Å². The van der Waals surface area contributed by atoms with Gasteiger partial charge in [0, 0.05) is 49.6 Å².